The van der Waals surface area contributed by atoms with E-state index in [9.17, 15) is 14.0 Å². The van der Waals surface area contributed by atoms with E-state index in [0.29, 0.717) is 56.5 Å². The molecule has 0 aliphatic carbocycles. The average molecular weight is 356 g/mol. The Kier molecular flexibility index (Phi) is 5.20. The highest BCUT2D eigenvalue weighted by molar-refractivity contribution is 6.31. The van der Waals surface area contributed by atoms with Gasteiger partial charge in [-0.15, -0.1) is 0 Å². The fourth-order valence-corrected chi connectivity index (χ4v) is 3.08. The zero-order valence-electron chi connectivity index (χ0n) is 13.2. The summed E-state index contributed by atoms with van der Waals surface area (Å²) >= 11 is 6.01. The molecule has 2 heterocycles. The lowest BCUT2D eigenvalue weighted by atomic mass is 10.2. The van der Waals surface area contributed by atoms with E-state index in [4.69, 9.17) is 16.3 Å². The molecule has 2 aliphatic rings. The van der Waals surface area contributed by atoms with Crippen LogP contribution in [-0.4, -0.2) is 72.6 Å². The molecule has 3 rings (SSSR count). The van der Waals surface area contributed by atoms with Gasteiger partial charge in [-0.05, 0) is 17.7 Å². The lowest BCUT2D eigenvalue weighted by molar-refractivity contribution is -0.135. The Morgan fingerprint density at radius 3 is 2.58 bits per heavy atom. The van der Waals surface area contributed by atoms with Crippen molar-refractivity contribution in [1.82, 2.24) is 14.7 Å². The van der Waals surface area contributed by atoms with E-state index in [1.807, 2.05) is 0 Å². The van der Waals surface area contributed by atoms with Gasteiger partial charge in [0.25, 0.3) is 0 Å². The molecule has 3 amide bonds. The predicted octanol–water partition coefficient (Wildman–Crippen LogP) is 1.58. The van der Waals surface area contributed by atoms with Crippen molar-refractivity contribution in [3.05, 3.63) is 34.6 Å². The maximum Gasteiger partial charge on any atom is 0.320 e. The Bertz CT molecular complexity index is 637. The molecule has 0 aromatic heterocycles. The van der Waals surface area contributed by atoms with Gasteiger partial charge in [-0.25, -0.2) is 9.18 Å². The summed E-state index contributed by atoms with van der Waals surface area (Å²) in [5.41, 5.74) is 0.688. The van der Waals surface area contributed by atoms with Crippen LogP contribution in [0, 0.1) is 5.82 Å². The fraction of sp³-hybridized carbons (Fsp3) is 0.500. The first-order valence-corrected chi connectivity index (χ1v) is 8.25. The number of carbonyl (C=O) groups excluding carboxylic acids is 2. The molecule has 1 aromatic carbocycles. The number of rotatable bonds is 4. The highest BCUT2D eigenvalue weighted by Crippen LogP contribution is 2.21. The second-order valence-electron chi connectivity index (χ2n) is 5.85. The molecule has 8 heteroatoms. The lowest BCUT2D eigenvalue weighted by Crippen LogP contribution is -2.46. The number of hydrogen-bond donors (Lipinski definition) is 0. The number of nitrogens with zero attached hydrogens (tertiary/aromatic N) is 3. The highest BCUT2D eigenvalue weighted by atomic mass is 35.5. The summed E-state index contributed by atoms with van der Waals surface area (Å²) in [5.74, 6) is -0.470. The topological polar surface area (TPSA) is 53.1 Å². The van der Waals surface area contributed by atoms with Gasteiger partial charge in [0.1, 0.15) is 12.4 Å². The standard InChI is InChI=1S/C16H19ClFN3O3/c17-14-9-13(18)2-1-12(14)10-20-3-4-21(16(20)23)11-15(22)19-5-7-24-8-6-19/h1-2,9H,3-8,10-11H2. The van der Waals surface area contributed by atoms with Gasteiger partial charge in [-0.1, -0.05) is 17.7 Å². The van der Waals surface area contributed by atoms with E-state index in [0.717, 1.165) is 0 Å². The first kappa shape index (κ1) is 17.0. The van der Waals surface area contributed by atoms with Crippen LogP contribution in [0.1, 0.15) is 5.56 Å². The molecule has 0 N–H and O–H groups in total. The van der Waals surface area contributed by atoms with Gasteiger partial charge in [0, 0.05) is 37.7 Å². The minimum absolute atomic E-state index is 0.0617. The van der Waals surface area contributed by atoms with Crippen LogP contribution < -0.4 is 0 Å². The third kappa shape index (κ3) is 3.79. The van der Waals surface area contributed by atoms with Crippen molar-refractivity contribution in [2.75, 3.05) is 45.9 Å². The molecule has 6 nitrogen and oxygen atoms in total. The van der Waals surface area contributed by atoms with Crippen LogP contribution in [0.4, 0.5) is 9.18 Å². The van der Waals surface area contributed by atoms with E-state index in [1.54, 1.807) is 15.9 Å². The van der Waals surface area contributed by atoms with Gasteiger partial charge in [0.2, 0.25) is 5.91 Å². The number of morpholine rings is 1. The minimum Gasteiger partial charge on any atom is -0.378 e. The van der Waals surface area contributed by atoms with Crippen molar-refractivity contribution >= 4 is 23.5 Å². The fourth-order valence-electron chi connectivity index (χ4n) is 2.86. The molecule has 1 aromatic rings. The van der Waals surface area contributed by atoms with Crippen molar-refractivity contribution in [2.45, 2.75) is 6.54 Å². The smallest absolute Gasteiger partial charge is 0.320 e. The minimum atomic E-state index is -0.408. The zero-order valence-corrected chi connectivity index (χ0v) is 14.0. The summed E-state index contributed by atoms with van der Waals surface area (Å²) in [6.07, 6.45) is 0. The van der Waals surface area contributed by atoms with Crippen LogP contribution in [0.25, 0.3) is 0 Å². The van der Waals surface area contributed by atoms with E-state index < -0.39 is 5.82 Å². The SMILES string of the molecule is O=C(CN1CCN(Cc2ccc(F)cc2Cl)C1=O)N1CCOCC1. The number of urea groups is 1. The van der Waals surface area contributed by atoms with Crippen LogP contribution in [-0.2, 0) is 16.1 Å². The number of hydrogen-bond acceptors (Lipinski definition) is 3. The molecule has 24 heavy (non-hydrogen) atoms. The molecule has 0 bridgehead atoms. The summed E-state index contributed by atoms with van der Waals surface area (Å²) in [5, 5.41) is 0.297. The molecule has 0 atom stereocenters. The molecule has 2 aliphatic heterocycles. The number of carbonyl (C=O) groups is 2. The molecule has 0 radical (unpaired) electrons. The molecule has 0 saturated carbocycles. The summed E-state index contributed by atoms with van der Waals surface area (Å²) in [6, 6.07) is 3.93. The number of halogens is 2. The average Bonchev–Trinajstić information content (AvgIpc) is 2.91. The van der Waals surface area contributed by atoms with E-state index in [1.165, 1.54) is 17.0 Å². The Labute approximate surface area is 144 Å². The summed E-state index contributed by atoms with van der Waals surface area (Å²) in [4.78, 5) is 29.6. The van der Waals surface area contributed by atoms with Crippen molar-refractivity contribution in [1.29, 1.82) is 0 Å². The highest BCUT2D eigenvalue weighted by Gasteiger charge is 2.31. The van der Waals surface area contributed by atoms with Crippen LogP contribution in [0.5, 0.6) is 0 Å². The van der Waals surface area contributed by atoms with E-state index in [2.05, 4.69) is 0 Å². The third-order valence-electron chi connectivity index (χ3n) is 4.25. The maximum atomic E-state index is 13.1. The van der Waals surface area contributed by atoms with Gasteiger partial charge in [-0.2, -0.15) is 0 Å². The van der Waals surface area contributed by atoms with Crippen molar-refractivity contribution in [3.8, 4) is 0 Å². The predicted molar refractivity (Wildman–Crippen MR) is 86.2 cm³/mol. The van der Waals surface area contributed by atoms with Crippen molar-refractivity contribution in [2.24, 2.45) is 0 Å². The molecular weight excluding hydrogens is 337 g/mol. The number of ether oxygens (including phenoxy) is 1. The second kappa shape index (κ2) is 7.36. The van der Waals surface area contributed by atoms with Crippen LogP contribution >= 0.6 is 11.6 Å². The van der Waals surface area contributed by atoms with Gasteiger partial charge in [-0.3, -0.25) is 4.79 Å². The van der Waals surface area contributed by atoms with Gasteiger partial charge >= 0.3 is 6.03 Å². The quantitative estimate of drug-likeness (QED) is 0.824. The largest absolute Gasteiger partial charge is 0.378 e. The Balaban J connectivity index is 1.57. The summed E-state index contributed by atoms with van der Waals surface area (Å²) in [6.45, 7) is 3.60. The molecule has 0 unspecified atom stereocenters. The third-order valence-corrected chi connectivity index (χ3v) is 4.60. The molecular formula is C16H19ClFN3O3. The molecule has 0 spiro atoms. The normalized spacial score (nSPS) is 18.4. The summed E-state index contributed by atoms with van der Waals surface area (Å²) < 4.78 is 18.3. The van der Waals surface area contributed by atoms with E-state index in [-0.39, 0.29) is 18.5 Å². The maximum absolute atomic E-state index is 13.1. The molecule has 2 fully saturated rings. The Morgan fingerprint density at radius 2 is 1.88 bits per heavy atom. The van der Waals surface area contributed by atoms with Crippen LogP contribution in [0.15, 0.2) is 18.2 Å². The number of amides is 3. The first-order chi connectivity index (χ1) is 11.5. The first-order valence-electron chi connectivity index (χ1n) is 7.88. The van der Waals surface area contributed by atoms with Crippen LogP contribution in [0.2, 0.25) is 5.02 Å². The summed E-state index contributed by atoms with van der Waals surface area (Å²) in [7, 11) is 0. The lowest BCUT2D eigenvalue weighted by Gasteiger charge is -2.28. The Morgan fingerprint density at radius 1 is 1.17 bits per heavy atom. The number of benzene rings is 1. The Hall–Kier alpha value is -1.86. The van der Waals surface area contributed by atoms with E-state index >= 15 is 0 Å². The molecule has 2 saturated heterocycles. The van der Waals surface area contributed by atoms with Crippen molar-refractivity contribution in [3.63, 3.8) is 0 Å². The monoisotopic (exact) mass is 355 g/mol. The second-order valence-corrected chi connectivity index (χ2v) is 6.26. The van der Waals surface area contributed by atoms with Crippen molar-refractivity contribution < 1.29 is 18.7 Å². The zero-order chi connectivity index (χ0) is 17.1. The van der Waals surface area contributed by atoms with Gasteiger partial charge < -0.3 is 19.4 Å². The van der Waals surface area contributed by atoms with Gasteiger partial charge in [0.05, 0.1) is 13.2 Å². The molecule has 130 valence electrons. The van der Waals surface area contributed by atoms with Crippen LogP contribution in [0.3, 0.4) is 0 Å². The van der Waals surface area contributed by atoms with Gasteiger partial charge in [0.15, 0.2) is 0 Å².